The molecule has 1 atom stereocenters. The van der Waals surface area contributed by atoms with E-state index in [0.717, 1.165) is 12.1 Å². The third-order valence-corrected chi connectivity index (χ3v) is 7.04. The van der Waals surface area contributed by atoms with Crippen LogP contribution in [0.25, 0.3) is 11.0 Å². The minimum atomic E-state index is -4.43. The molecule has 1 unspecified atom stereocenters. The van der Waals surface area contributed by atoms with Gasteiger partial charge in [0.25, 0.3) is 10.0 Å². The molecule has 0 bridgehead atoms. The highest BCUT2D eigenvalue weighted by Crippen LogP contribution is 2.22. The summed E-state index contributed by atoms with van der Waals surface area (Å²) in [7, 11) is -4.43. The molecule has 3 aromatic rings. The summed E-state index contributed by atoms with van der Waals surface area (Å²) in [4.78, 5) is 37.5. The summed E-state index contributed by atoms with van der Waals surface area (Å²) in [6, 6.07) is 11.1. The highest BCUT2D eigenvalue weighted by molar-refractivity contribution is 7.90. The van der Waals surface area contributed by atoms with Crippen molar-refractivity contribution in [2.75, 3.05) is 13.1 Å². The molecular weight excluding hydrogens is 477 g/mol. The third-order valence-electron chi connectivity index (χ3n) is 5.67. The lowest BCUT2D eigenvalue weighted by Crippen LogP contribution is -2.33. The highest BCUT2D eigenvalue weighted by atomic mass is 32.2. The molecule has 35 heavy (non-hydrogen) atoms. The number of carbonyl (C=O) groups excluding carboxylic acids is 3. The lowest BCUT2D eigenvalue weighted by molar-refractivity contribution is -0.126. The molecule has 1 fully saturated rings. The van der Waals surface area contributed by atoms with Crippen LogP contribution in [0.5, 0.6) is 0 Å². The zero-order valence-electron chi connectivity index (χ0n) is 18.5. The molecule has 0 radical (unpaired) electrons. The summed E-state index contributed by atoms with van der Waals surface area (Å²) in [5, 5.41) is 3.37. The maximum Gasteiger partial charge on any atom is 0.300 e. The van der Waals surface area contributed by atoms with Crippen LogP contribution < -0.4 is 10.0 Å². The van der Waals surface area contributed by atoms with Crippen LogP contribution in [0, 0.1) is 11.7 Å². The van der Waals surface area contributed by atoms with Gasteiger partial charge >= 0.3 is 5.91 Å². The second kappa shape index (κ2) is 9.71. The average Bonchev–Trinajstić information content (AvgIpc) is 3.49. The number of hydrogen-bond acceptors (Lipinski definition) is 6. The molecule has 1 aliphatic rings. The van der Waals surface area contributed by atoms with Crippen molar-refractivity contribution >= 4 is 38.7 Å². The Morgan fingerprint density at radius 2 is 1.94 bits per heavy atom. The SMILES string of the molecule is C=CC(=O)N1CCC(C(=O)NCc2ccc3cc(C(=O)NS(=O)(=O)c4ccccc4F)oc3c2)C1. The van der Waals surface area contributed by atoms with Crippen molar-refractivity contribution < 1.29 is 31.6 Å². The topological polar surface area (TPSA) is 126 Å². The van der Waals surface area contributed by atoms with Crippen molar-refractivity contribution in [2.45, 2.75) is 17.9 Å². The Balaban J connectivity index is 1.41. The molecule has 2 N–H and O–H groups in total. The van der Waals surface area contributed by atoms with E-state index >= 15 is 0 Å². The Morgan fingerprint density at radius 3 is 2.69 bits per heavy atom. The molecule has 9 nitrogen and oxygen atoms in total. The minimum Gasteiger partial charge on any atom is -0.451 e. The number of hydrogen-bond donors (Lipinski definition) is 2. The molecule has 11 heteroatoms. The van der Waals surface area contributed by atoms with Gasteiger partial charge in [-0.25, -0.2) is 17.5 Å². The van der Waals surface area contributed by atoms with Crippen molar-refractivity contribution in [3.63, 3.8) is 0 Å². The van der Waals surface area contributed by atoms with Crippen LogP contribution in [0.1, 0.15) is 22.5 Å². The number of sulfonamides is 1. The van der Waals surface area contributed by atoms with Gasteiger partial charge in [-0.3, -0.25) is 14.4 Å². The second-order valence-corrected chi connectivity index (χ2v) is 9.69. The summed E-state index contributed by atoms with van der Waals surface area (Å²) < 4.78 is 45.9. The van der Waals surface area contributed by atoms with Gasteiger partial charge in [0.05, 0.1) is 5.92 Å². The Bertz CT molecular complexity index is 1430. The number of nitrogens with zero attached hydrogens (tertiary/aromatic N) is 1. The van der Waals surface area contributed by atoms with Crippen LogP contribution in [-0.2, 0) is 26.2 Å². The van der Waals surface area contributed by atoms with Gasteiger partial charge in [0, 0.05) is 25.0 Å². The van der Waals surface area contributed by atoms with Gasteiger partial charge < -0.3 is 14.6 Å². The maximum absolute atomic E-state index is 13.8. The van der Waals surface area contributed by atoms with Crippen molar-refractivity contribution in [3.05, 3.63) is 78.3 Å². The molecule has 3 amide bonds. The number of fused-ring (bicyclic) bond motifs is 1. The predicted octanol–water partition coefficient (Wildman–Crippen LogP) is 2.34. The number of likely N-dealkylation sites (tertiary alicyclic amines) is 1. The zero-order valence-corrected chi connectivity index (χ0v) is 19.3. The van der Waals surface area contributed by atoms with Gasteiger partial charge in [0.1, 0.15) is 16.3 Å². The maximum atomic E-state index is 13.8. The monoisotopic (exact) mass is 499 g/mol. The number of benzene rings is 2. The molecule has 0 saturated carbocycles. The number of furan rings is 1. The molecular formula is C24H22FN3O6S. The second-order valence-electron chi connectivity index (χ2n) is 8.04. The summed E-state index contributed by atoms with van der Waals surface area (Å²) in [6.07, 6.45) is 1.79. The molecule has 1 aromatic heterocycles. The lowest BCUT2D eigenvalue weighted by atomic mass is 10.1. The van der Waals surface area contributed by atoms with E-state index in [-0.39, 0.29) is 30.0 Å². The number of nitrogens with one attached hydrogen (secondary N) is 2. The summed E-state index contributed by atoms with van der Waals surface area (Å²) in [5.41, 5.74) is 1.01. The van der Waals surface area contributed by atoms with E-state index in [2.05, 4.69) is 11.9 Å². The molecule has 0 aliphatic carbocycles. The summed E-state index contributed by atoms with van der Waals surface area (Å²) in [5.74, 6) is -2.98. The number of halogens is 1. The standard InChI is InChI=1S/C24H22FN3O6S/c1-2-22(29)28-10-9-17(14-28)23(30)26-13-15-7-8-16-12-20(34-19(16)11-15)24(31)27-35(32,33)21-6-4-3-5-18(21)25/h2-8,11-12,17H,1,9-10,13-14H2,(H,26,30)(H,27,31). The first-order valence-electron chi connectivity index (χ1n) is 10.7. The van der Waals surface area contributed by atoms with E-state index in [1.807, 2.05) is 0 Å². The fourth-order valence-electron chi connectivity index (χ4n) is 3.82. The van der Waals surface area contributed by atoms with Crippen LogP contribution in [-0.4, -0.2) is 44.1 Å². The van der Waals surface area contributed by atoms with Crippen molar-refractivity contribution in [2.24, 2.45) is 5.92 Å². The van der Waals surface area contributed by atoms with Crippen LogP contribution in [0.15, 0.2) is 70.5 Å². The van der Waals surface area contributed by atoms with E-state index in [9.17, 15) is 27.2 Å². The van der Waals surface area contributed by atoms with Gasteiger partial charge in [-0.05, 0) is 42.3 Å². The Labute approximate surface area is 200 Å². The van der Waals surface area contributed by atoms with Gasteiger partial charge in [-0.1, -0.05) is 30.8 Å². The van der Waals surface area contributed by atoms with Crippen LogP contribution >= 0.6 is 0 Å². The van der Waals surface area contributed by atoms with E-state index in [0.29, 0.717) is 36.0 Å². The van der Waals surface area contributed by atoms with E-state index in [1.165, 1.54) is 24.3 Å². The van der Waals surface area contributed by atoms with E-state index in [1.54, 1.807) is 27.8 Å². The van der Waals surface area contributed by atoms with Crippen LogP contribution in [0.3, 0.4) is 0 Å². The zero-order chi connectivity index (χ0) is 25.2. The van der Waals surface area contributed by atoms with Gasteiger partial charge in [0.15, 0.2) is 5.76 Å². The van der Waals surface area contributed by atoms with Crippen LogP contribution in [0.2, 0.25) is 0 Å². The minimum absolute atomic E-state index is 0.178. The van der Waals surface area contributed by atoms with Crippen molar-refractivity contribution in [1.29, 1.82) is 0 Å². The Morgan fingerprint density at radius 1 is 1.17 bits per heavy atom. The van der Waals surface area contributed by atoms with Crippen LogP contribution in [0.4, 0.5) is 4.39 Å². The first kappa shape index (κ1) is 24.1. The smallest absolute Gasteiger partial charge is 0.300 e. The Kier molecular flexibility index (Phi) is 6.70. The van der Waals surface area contributed by atoms with Gasteiger partial charge in [-0.15, -0.1) is 0 Å². The summed E-state index contributed by atoms with van der Waals surface area (Å²) in [6.45, 7) is 4.49. The van der Waals surface area contributed by atoms with Gasteiger partial charge in [-0.2, -0.15) is 0 Å². The Hall–Kier alpha value is -3.99. The fraction of sp³-hybridized carbons (Fsp3) is 0.208. The molecule has 0 spiro atoms. The van der Waals surface area contributed by atoms with E-state index in [4.69, 9.17) is 4.42 Å². The quantitative estimate of drug-likeness (QED) is 0.481. The number of carbonyl (C=O) groups is 3. The highest BCUT2D eigenvalue weighted by Gasteiger charge is 2.30. The largest absolute Gasteiger partial charge is 0.451 e. The third kappa shape index (κ3) is 5.24. The van der Waals surface area contributed by atoms with Crippen molar-refractivity contribution in [1.82, 2.24) is 14.9 Å². The van der Waals surface area contributed by atoms with Crippen molar-refractivity contribution in [3.8, 4) is 0 Å². The predicted molar refractivity (Wildman–Crippen MR) is 124 cm³/mol. The number of rotatable bonds is 7. The first-order chi connectivity index (χ1) is 16.7. The molecule has 1 saturated heterocycles. The van der Waals surface area contributed by atoms with E-state index < -0.39 is 26.6 Å². The molecule has 1 aliphatic heterocycles. The molecule has 4 rings (SSSR count). The molecule has 182 valence electrons. The fourth-order valence-corrected chi connectivity index (χ4v) is 4.86. The number of amides is 3. The normalized spacial score (nSPS) is 15.7. The molecule has 2 heterocycles. The molecule has 2 aromatic carbocycles. The lowest BCUT2D eigenvalue weighted by Gasteiger charge is -2.14. The summed E-state index contributed by atoms with van der Waals surface area (Å²) >= 11 is 0. The first-order valence-corrected chi connectivity index (χ1v) is 12.2. The van der Waals surface area contributed by atoms with Gasteiger partial charge in [0.2, 0.25) is 11.8 Å². The average molecular weight is 500 g/mol.